The molecule has 0 saturated carbocycles. The average molecular weight is 319 g/mol. The number of hydrogen-bond acceptors (Lipinski definition) is 3. The lowest BCUT2D eigenvalue weighted by Gasteiger charge is -2.34. The van der Waals surface area contributed by atoms with Crippen LogP contribution < -0.4 is 5.32 Å². The summed E-state index contributed by atoms with van der Waals surface area (Å²) in [6, 6.07) is 10.0. The monoisotopic (exact) mass is 319 g/mol. The standard InChI is InChI=1S/C18H25NO4/c1-17(2,14-6-4-3-5-7-14)9-8-15(20)19-18(16(21)22)10-12-23-13-11-18/h3-7H,8-13H2,1-2H3,(H,19,20)(H,21,22). The first-order valence-corrected chi connectivity index (χ1v) is 8.03. The zero-order chi connectivity index (χ0) is 16.9. The molecule has 0 radical (unpaired) electrons. The van der Waals surface area contributed by atoms with Crippen LogP contribution in [-0.2, 0) is 19.7 Å². The smallest absolute Gasteiger partial charge is 0.329 e. The van der Waals surface area contributed by atoms with Crippen molar-refractivity contribution in [2.24, 2.45) is 0 Å². The summed E-state index contributed by atoms with van der Waals surface area (Å²) in [4.78, 5) is 23.8. The Labute approximate surface area is 137 Å². The van der Waals surface area contributed by atoms with Gasteiger partial charge in [-0.25, -0.2) is 4.79 Å². The third-order valence-corrected chi connectivity index (χ3v) is 4.67. The van der Waals surface area contributed by atoms with Crippen molar-refractivity contribution in [3.05, 3.63) is 35.9 Å². The van der Waals surface area contributed by atoms with Crippen molar-refractivity contribution in [2.45, 2.75) is 50.5 Å². The Morgan fingerprint density at radius 3 is 2.39 bits per heavy atom. The molecule has 1 aromatic carbocycles. The van der Waals surface area contributed by atoms with Gasteiger partial charge < -0.3 is 15.2 Å². The Morgan fingerprint density at radius 2 is 1.83 bits per heavy atom. The molecule has 1 fully saturated rings. The lowest BCUT2D eigenvalue weighted by molar-refractivity contribution is -0.152. The van der Waals surface area contributed by atoms with Crippen LogP contribution in [0.4, 0.5) is 0 Å². The van der Waals surface area contributed by atoms with E-state index < -0.39 is 11.5 Å². The fourth-order valence-electron chi connectivity index (χ4n) is 2.90. The second kappa shape index (κ2) is 7.13. The van der Waals surface area contributed by atoms with Gasteiger partial charge in [-0.3, -0.25) is 4.79 Å². The van der Waals surface area contributed by atoms with Crippen molar-refractivity contribution < 1.29 is 19.4 Å². The molecule has 0 spiro atoms. The molecule has 0 atom stereocenters. The topological polar surface area (TPSA) is 75.6 Å². The molecule has 5 nitrogen and oxygen atoms in total. The average Bonchev–Trinajstić information content (AvgIpc) is 2.55. The summed E-state index contributed by atoms with van der Waals surface area (Å²) < 4.78 is 5.21. The third kappa shape index (κ3) is 4.32. The molecule has 1 amide bonds. The first-order chi connectivity index (χ1) is 10.9. The number of aliphatic carboxylic acids is 1. The van der Waals surface area contributed by atoms with E-state index in [1.54, 1.807) is 0 Å². The molecule has 23 heavy (non-hydrogen) atoms. The van der Waals surface area contributed by atoms with E-state index >= 15 is 0 Å². The molecule has 2 N–H and O–H groups in total. The van der Waals surface area contributed by atoms with Crippen LogP contribution in [0.5, 0.6) is 0 Å². The van der Waals surface area contributed by atoms with Gasteiger partial charge in [-0.1, -0.05) is 44.2 Å². The molecule has 1 aromatic rings. The fraction of sp³-hybridized carbons (Fsp3) is 0.556. The van der Waals surface area contributed by atoms with Crippen LogP contribution in [0.25, 0.3) is 0 Å². The summed E-state index contributed by atoms with van der Waals surface area (Å²) in [5.74, 6) is -1.19. The number of carbonyl (C=O) groups is 2. The quantitative estimate of drug-likeness (QED) is 0.845. The molecule has 1 aliphatic heterocycles. The maximum Gasteiger partial charge on any atom is 0.329 e. The molecule has 2 rings (SSSR count). The summed E-state index contributed by atoms with van der Waals surface area (Å²) in [7, 11) is 0. The van der Waals surface area contributed by atoms with E-state index in [9.17, 15) is 14.7 Å². The van der Waals surface area contributed by atoms with E-state index in [2.05, 4.69) is 31.3 Å². The number of rotatable bonds is 6. The van der Waals surface area contributed by atoms with Gasteiger partial charge in [-0.05, 0) is 17.4 Å². The van der Waals surface area contributed by atoms with Crippen LogP contribution in [0.15, 0.2) is 30.3 Å². The Morgan fingerprint density at radius 1 is 1.22 bits per heavy atom. The number of carboxylic acid groups (broad SMARTS) is 1. The minimum absolute atomic E-state index is 0.134. The molecule has 0 aliphatic carbocycles. The van der Waals surface area contributed by atoms with Gasteiger partial charge >= 0.3 is 5.97 Å². The van der Waals surface area contributed by atoms with Gasteiger partial charge in [-0.15, -0.1) is 0 Å². The maximum absolute atomic E-state index is 12.3. The van der Waals surface area contributed by atoms with Gasteiger partial charge in [0.1, 0.15) is 5.54 Å². The Kier molecular flexibility index (Phi) is 5.42. The van der Waals surface area contributed by atoms with Crippen molar-refractivity contribution in [1.29, 1.82) is 0 Å². The molecule has 5 heteroatoms. The second-order valence-corrected chi connectivity index (χ2v) is 6.80. The van der Waals surface area contributed by atoms with Crippen LogP contribution in [0.1, 0.15) is 45.1 Å². The normalized spacial score (nSPS) is 17.5. The van der Waals surface area contributed by atoms with E-state index in [0.29, 0.717) is 38.9 Å². The summed E-state index contributed by atoms with van der Waals surface area (Å²) in [6.07, 6.45) is 1.60. The van der Waals surface area contributed by atoms with Crippen molar-refractivity contribution in [3.8, 4) is 0 Å². The van der Waals surface area contributed by atoms with Crippen molar-refractivity contribution in [1.82, 2.24) is 5.32 Å². The van der Waals surface area contributed by atoms with E-state index in [1.165, 1.54) is 5.56 Å². The Hall–Kier alpha value is -1.88. The molecule has 126 valence electrons. The molecule has 1 heterocycles. The highest BCUT2D eigenvalue weighted by Crippen LogP contribution is 2.28. The molecular weight excluding hydrogens is 294 g/mol. The highest BCUT2D eigenvalue weighted by atomic mass is 16.5. The van der Waals surface area contributed by atoms with Gasteiger partial charge in [0.2, 0.25) is 5.91 Å². The molecule has 1 aliphatic rings. The lowest BCUT2D eigenvalue weighted by atomic mass is 9.80. The van der Waals surface area contributed by atoms with Crippen molar-refractivity contribution in [2.75, 3.05) is 13.2 Å². The summed E-state index contributed by atoms with van der Waals surface area (Å²) in [5, 5.41) is 12.2. The zero-order valence-corrected chi connectivity index (χ0v) is 13.8. The van der Waals surface area contributed by atoms with Gasteiger partial charge in [0, 0.05) is 32.5 Å². The summed E-state index contributed by atoms with van der Waals surface area (Å²) in [6.45, 7) is 4.91. The highest BCUT2D eigenvalue weighted by Gasteiger charge is 2.41. The fourth-order valence-corrected chi connectivity index (χ4v) is 2.90. The van der Waals surface area contributed by atoms with Gasteiger partial charge in [0.25, 0.3) is 0 Å². The summed E-state index contributed by atoms with van der Waals surface area (Å²) in [5.41, 5.74) is -0.136. The SMILES string of the molecule is CC(C)(CCC(=O)NC1(C(=O)O)CCOCC1)c1ccccc1. The van der Waals surface area contributed by atoms with E-state index in [-0.39, 0.29) is 11.3 Å². The molecular formula is C18H25NO4. The minimum atomic E-state index is -1.17. The van der Waals surface area contributed by atoms with E-state index in [4.69, 9.17) is 4.74 Å². The third-order valence-electron chi connectivity index (χ3n) is 4.67. The van der Waals surface area contributed by atoms with Gasteiger partial charge in [0.15, 0.2) is 0 Å². The number of nitrogens with one attached hydrogen (secondary N) is 1. The molecule has 0 bridgehead atoms. The number of amides is 1. The number of hydrogen-bond donors (Lipinski definition) is 2. The van der Waals surface area contributed by atoms with Crippen molar-refractivity contribution >= 4 is 11.9 Å². The second-order valence-electron chi connectivity index (χ2n) is 6.80. The number of benzene rings is 1. The predicted octanol–water partition coefficient (Wildman–Crippen LogP) is 2.49. The van der Waals surface area contributed by atoms with Crippen LogP contribution in [0.3, 0.4) is 0 Å². The highest BCUT2D eigenvalue weighted by molar-refractivity contribution is 5.87. The largest absolute Gasteiger partial charge is 0.480 e. The van der Waals surface area contributed by atoms with Crippen LogP contribution in [0.2, 0.25) is 0 Å². The minimum Gasteiger partial charge on any atom is -0.480 e. The van der Waals surface area contributed by atoms with Crippen LogP contribution in [-0.4, -0.2) is 35.7 Å². The Balaban J connectivity index is 1.95. The summed E-state index contributed by atoms with van der Waals surface area (Å²) >= 11 is 0. The zero-order valence-electron chi connectivity index (χ0n) is 13.8. The number of carboxylic acids is 1. The first-order valence-electron chi connectivity index (χ1n) is 8.03. The molecule has 1 saturated heterocycles. The Bertz CT molecular complexity index is 547. The number of ether oxygens (including phenoxy) is 1. The lowest BCUT2D eigenvalue weighted by Crippen LogP contribution is -2.57. The van der Waals surface area contributed by atoms with Crippen LogP contribution in [0, 0.1) is 0 Å². The van der Waals surface area contributed by atoms with E-state index in [1.807, 2.05) is 18.2 Å². The number of carbonyl (C=O) groups excluding carboxylic acids is 1. The molecule has 0 unspecified atom stereocenters. The maximum atomic E-state index is 12.3. The first kappa shape index (κ1) is 17.5. The van der Waals surface area contributed by atoms with Gasteiger partial charge in [-0.2, -0.15) is 0 Å². The van der Waals surface area contributed by atoms with Crippen molar-refractivity contribution in [3.63, 3.8) is 0 Å². The van der Waals surface area contributed by atoms with Crippen LogP contribution >= 0.6 is 0 Å². The van der Waals surface area contributed by atoms with Gasteiger partial charge in [0.05, 0.1) is 0 Å². The van der Waals surface area contributed by atoms with E-state index in [0.717, 1.165) is 0 Å². The predicted molar refractivity (Wildman–Crippen MR) is 87.3 cm³/mol. The molecule has 0 aromatic heterocycles.